The predicted octanol–water partition coefficient (Wildman–Crippen LogP) is 2.61. The van der Waals surface area contributed by atoms with Crippen molar-refractivity contribution < 1.29 is 9.84 Å². The van der Waals surface area contributed by atoms with E-state index in [1.54, 1.807) is 13.3 Å². The van der Waals surface area contributed by atoms with Crippen molar-refractivity contribution >= 4 is 0 Å². The van der Waals surface area contributed by atoms with Gasteiger partial charge in [-0.15, -0.1) is 0 Å². The van der Waals surface area contributed by atoms with Crippen LogP contribution in [0.1, 0.15) is 35.3 Å². The average Bonchev–Trinajstić information content (AvgIpc) is 2.89. The van der Waals surface area contributed by atoms with E-state index >= 15 is 0 Å². The van der Waals surface area contributed by atoms with Crippen molar-refractivity contribution in [1.82, 2.24) is 9.78 Å². The van der Waals surface area contributed by atoms with E-state index in [1.807, 2.05) is 43.8 Å². The zero-order chi connectivity index (χ0) is 14.0. The molecule has 2 aromatic rings. The number of rotatable bonds is 4. The predicted molar refractivity (Wildman–Crippen MR) is 74.4 cm³/mol. The van der Waals surface area contributed by atoms with Crippen LogP contribution in [0, 0.1) is 13.8 Å². The Hall–Kier alpha value is -1.81. The number of aromatic nitrogens is 2. The summed E-state index contributed by atoms with van der Waals surface area (Å²) in [6, 6.07) is 3.93. The van der Waals surface area contributed by atoms with Crippen molar-refractivity contribution in [3.63, 3.8) is 0 Å². The summed E-state index contributed by atoms with van der Waals surface area (Å²) in [6.07, 6.45) is 2.95. The van der Waals surface area contributed by atoms with E-state index in [9.17, 15) is 5.11 Å². The van der Waals surface area contributed by atoms with Crippen LogP contribution >= 0.6 is 0 Å². The highest BCUT2D eigenvalue weighted by Crippen LogP contribution is 2.29. The molecule has 1 atom stereocenters. The van der Waals surface area contributed by atoms with E-state index in [1.165, 1.54) is 0 Å². The summed E-state index contributed by atoms with van der Waals surface area (Å²) in [5.74, 6) is 0.845. The van der Waals surface area contributed by atoms with E-state index in [4.69, 9.17) is 4.74 Å². The van der Waals surface area contributed by atoms with Gasteiger partial charge in [0.25, 0.3) is 0 Å². The van der Waals surface area contributed by atoms with Crippen molar-refractivity contribution in [3.8, 4) is 5.75 Å². The van der Waals surface area contributed by atoms with E-state index in [-0.39, 0.29) is 0 Å². The standard InChI is InChI=1S/C15H20N2O2/c1-5-17-9-12(8-16-17)15(18)13-6-11(3)14(19-4)7-10(13)2/h6-9,15,18H,5H2,1-4H3. The zero-order valence-electron chi connectivity index (χ0n) is 11.8. The maximum absolute atomic E-state index is 10.5. The molecule has 0 amide bonds. The van der Waals surface area contributed by atoms with Gasteiger partial charge in [0.2, 0.25) is 0 Å². The van der Waals surface area contributed by atoms with Crippen molar-refractivity contribution in [1.29, 1.82) is 0 Å². The molecule has 1 aromatic carbocycles. The van der Waals surface area contributed by atoms with E-state index in [0.29, 0.717) is 0 Å². The Balaban J connectivity index is 2.38. The highest BCUT2D eigenvalue weighted by Gasteiger charge is 2.16. The molecule has 1 heterocycles. The quantitative estimate of drug-likeness (QED) is 0.919. The first-order chi connectivity index (χ1) is 9.06. The van der Waals surface area contributed by atoms with Gasteiger partial charge in [-0.05, 0) is 49.6 Å². The van der Waals surface area contributed by atoms with Crippen molar-refractivity contribution in [2.75, 3.05) is 7.11 Å². The lowest BCUT2D eigenvalue weighted by Gasteiger charge is -2.15. The lowest BCUT2D eigenvalue weighted by atomic mass is 9.97. The Labute approximate surface area is 113 Å². The van der Waals surface area contributed by atoms with Gasteiger partial charge in [-0.25, -0.2) is 0 Å². The van der Waals surface area contributed by atoms with Crippen LogP contribution in [0.2, 0.25) is 0 Å². The second-order valence-electron chi connectivity index (χ2n) is 4.71. The zero-order valence-corrected chi connectivity index (χ0v) is 11.8. The van der Waals surface area contributed by atoms with E-state index in [0.717, 1.165) is 34.5 Å². The lowest BCUT2D eigenvalue weighted by molar-refractivity contribution is 0.219. The van der Waals surface area contributed by atoms with Crippen LogP contribution in [0.5, 0.6) is 5.75 Å². The molecule has 0 radical (unpaired) electrons. The number of aliphatic hydroxyl groups excluding tert-OH is 1. The van der Waals surface area contributed by atoms with E-state index in [2.05, 4.69) is 5.10 Å². The van der Waals surface area contributed by atoms with Crippen LogP contribution in [0.15, 0.2) is 24.5 Å². The third kappa shape index (κ3) is 2.63. The summed E-state index contributed by atoms with van der Waals surface area (Å²) in [4.78, 5) is 0. The molecular formula is C15H20N2O2. The van der Waals surface area contributed by atoms with Crippen LogP contribution < -0.4 is 4.74 Å². The lowest BCUT2D eigenvalue weighted by Crippen LogP contribution is -2.03. The van der Waals surface area contributed by atoms with Crippen LogP contribution in [0.3, 0.4) is 0 Å². The van der Waals surface area contributed by atoms with Crippen LogP contribution in [0.4, 0.5) is 0 Å². The minimum Gasteiger partial charge on any atom is -0.496 e. The van der Waals surface area contributed by atoms with Crippen molar-refractivity contribution in [2.24, 2.45) is 0 Å². The molecule has 102 valence electrons. The van der Waals surface area contributed by atoms with Gasteiger partial charge in [0.1, 0.15) is 11.9 Å². The second-order valence-corrected chi connectivity index (χ2v) is 4.71. The smallest absolute Gasteiger partial charge is 0.122 e. The molecule has 1 aromatic heterocycles. The monoisotopic (exact) mass is 260 g/mol. The fourth-order valence-electron chi connectivity index (χ4n) is 2.20. The van der Waals surface area contributed by atoms with Gasteiger partial charge >= 0.3 is 0 Å². The molecule has 2 rings (SSSR count). The summed E-state index contributed by atoms with van der Waals surface area (Å²) in [5.41, 5.74) is 3.74. The third-order valence-electron chi connectivity index (χ3n) is 3.37. The Morgan fingerprint density at radius 3 is 2.63 bits per heavy atom. The Morgan fingerprint density at radius 2 is 2.05 bits per heavy atom. The van der Waals surface area contributed by atoms with Gasteiger partial charge in [0.05, 0.1) is 13.3 Å². The average molecular weight is 260 g/mol. The Bertz CT molecular complexity index is 576. The molecule has 1 N–H and O–H groups in total. The van der Waals surface area contributed by atoms with Gasteiger partial charge in [-0.1, -0.05) is 0 Å². The summed E-state index contributed by atoms with van der Waals surface area (Å²) in [5, 5.41) is 14.7. The molecule has 1 unspecified atom stereocenters. The molecule has 0 fully saturated rings. The fraction of sp³-hybridized carbons (Fsp3) is 0.400. The molecule has 0 saturated carbocycles. The SMILES string of the molecule is CCn1cc(C(O)c2cc(C)c(OC)cc2C)cn1. The number of aryl methyl sites for hydroxylation is 3. The van der Waals surface area contributed by atoms with Gasteiger partial charge in [0, 0.05) is 18.3 Å². The molecule has 0 spiro atoms. The third-order valence-corrected chi connectivity index (χ3v) is 3.37. The van der Waals surface area contributed by atoms with Gasteiger partial charge < -0.3 is 9.84 Å². The van der Waals surface area contributed by atoms with Crippen molar-refractivity contribution in [3.05, 3.63) is 46.8 Å². The number of benzene rings is 1. The summed E-state index contributed by atoms with van der Waals surface area (Å²) in [7, 11) is 1.66. The Kier molecular flexibility index (Phi) is 3.90. The first-order valence-electron chi connectivity index (χ1n) is 6.42. The topological polar surface area (TPSA) is 47.3 Å². The van der Waals surface area contributed by atoms with Crippen LogP contribution in [-0.2, 0) is 6.54 Å². The number of hydrogen-bond acceptors (Lipinski definition) is 3. The van der Waals surface area contributed by atoms with Crippen molar-refractivity contribution in [2.45, 2.75) is 33.4 Å². The number of hydrogen-bond donors (Lipinski definition) is 1. The summed E-state index contributed by atoms with van der Waals surface area (Å²) in [6.45, 7) is 6.77. The molecule has 0 bridgehead atoms. The summed E-state index contributed by atoms with van der Waals surface area (Å²) >= 11 is 0. The van der Waals surface area contributed by atoms with Gasteiger partial charge in [-0.3, -0.25) is 4.68 Å². The molecule has 0 saturated heterocycles. The maximum atomic E-state index is 10.5. The molecule has 4 heteroatoms. The van der Waals surface area contributed by atoms with Gasteiger partial charge in [-0.2, -0.15) is 5.10 Å². The second kappa shape index (κ2) is 5.45. The fourth-order valence-corrected chi connectivity index (χ4v) is 2.20. The molecule has 0 aliphatic heterocycles. The molecule has 0 aliphatic rings. The normalized spacial score (nSPS) is 12.5. The van der Waals surface area contributed by atoms with Gasteiger partial charge in [0.15, 0.2) is 0 Å². The molecular weight excluding hydrogens is 240 g/mol. The first kappa shape index (κ1) is 13.6. The number of aliphatic hydroxyl groups is 1. The molecule has 4 nitrogen and oxygen atoms in total. The highest BCUT2D eigenvalue weighted by atomic mass is 16.5. The number of nitrogens with zero attached hydrogens (tertiary/aromatic N) is 2. The van der Waals surface area contributed by atoms with Crippen LogP contribution in [0.25, 0.3) is 0 Å². The largest absolute Gasteiger partial charge is 0.496 e. The molecule has 19 heavy (non-hydrogen) atoms. The minimum atomic E-state index is -0.648. The van der Waals surface area contributed by atoms with Crippen LogP contribution in [-0.4, -0.2) is 22.0 Å². The summed E-state index contributed by atoms with van der Waals surface area (Å²) < 4.78 is 7.10. The highest BCUT2D eigenvalue weighted by molar-refractivity contribution is 5.44. The maximum Gasteiger partial charge on any atom is 0.122 e. The van der Waals surface area contributed by atoms with E-state index < -0.39 is 6.10 Å². The molecule has 0 aliphatic carbocycles. The number of ether oxygens (including phenoxy) is 1. The minimum absolute atomic E-state index is 0.648. The first-order valence-corrected chi connectivity index (χ1v) is 6.42. The Morgan fingerprint density at radius 1 is 1.32 bits per heavy atom. The number of methoxy groups -OCH3 is 1.